The minimum atomic E-state index is -0.913. The van der Waals surface area contributed by atoms with Crippen molar-refractivity contribution in [2.75, 3.05) is 11.4 Å². The lowest BCUT2D eigenvalue weighted by Gasteiger charge is -2.24. The highest BCUT2D eigenvalue weighted by Gasteiger charge is 2.23. The molecule has 2 amide bonds. The van der Waals surface area contributed by atoms with Crippen LogP contribution in [0.2, 0.25) is 0 Å². The lowest BCUT2D eigenvalue weighted by atomic mass is 10.1. The molecule has 0 unspecified atom stereocenters. The monoisotopic (exact) mass is 434 g/mol. The number of hydrogen-bond donors (Lipinski definition) is 1. The van der Waals surface area contributed by atoms with Crippen molar-refractivity contribution in [1.29, 1.82) is 0 Å². The van der Waals surface area contributed by atoms with Crippen LogP contribution >= 0.6 is 0 Å². The highest BCUT2D eigenvalue weighted by molar-refractivity contribution is 6.06. The Balaban J connectivity index is 1.60. The number of anilines is 1. The van der Waals surface area contributed by atoms with Crippen LogP contribution in [0.3, 0.4) is 0 Å². The van der Waals surface area contributed by atoms with Gasteiger partial charge in [0, 0.05) is 18.3 Å². The van der Waals surface area contributed by atoms with Crippen molar-refractivity contribution < 1.29 is 18.4 Å². The molecule has 4 rings (SSSR count). The molecule has 32 heavy (non-hydrogen) atoms. The minimum Gasteiger partial charge on any atom is -0.356 e. The zero-order valence-corrected chi connectivity index (χ0v) is 17.6. The van der Waals surface area contributed by atoms with Gasteiger partial charge >= 0.3 is 0 Å². The fourth-order valence-electron chi connectivity index (χ4n) is 3.52. The first kappa shape index (κ1) is 21.7. The third-order valence-corrected chi connectivity index (χ3v) is 5.46. The summed E-state index contributed by atoms with van der Waals surface area (Å²) in [5.41, 5.74) is 1.93. The molecule has 3 aromatic carbocycles. The SMILES string of the molecule is O=C(Cc1cccc(N(Cc2ccccc2)C(=O)c2ccc(F)cc2F)c1)NCC1CC1. The predicted molar refractivity (Wildman–Crippen MR) is 119 cm³/mol. The maximum absolute atomic E-state index is 14.4. The summed E-state index contributed by atoms with van der Waals surface area (Å²) in [7, 11) is 0. The van der Waals surface area contributed by atoms with E-state index in [-0.39, 0.29) is 24.4 Å². The quantitative estimate of drug-likeness (QED) is 0.549. The molecule has 0 aromatic heterocycles. The molecule has 1 aliphatic rings. The first-order chi connectivity index (χ1) is 15.5. The summed E-state index contributed by atoms with van der Waals surface area (Å²) in [6, 6.07) is 19.4. The normalized spacial score (nSPS) is 12.9. The fraction of sp³-hybridized carbons (Fsp3) is 0.231. The largest absolute Gasteiger partial charge is 0.356 e. The van der Waals surface area contributed by atoms with E-state index < -0.39 is 17.5 Å². The molecule has 1 fully saturated rings. The molecule has 6 heteroatoms. The molecular formula is C26H24F2N2O2. The standard InChI is InChI=1S/C26H24F2N2O2/c27-21-11-12-23(24(28)15-21)26(32)30(17-19-5-2-1-3-6-19)22-8-4-7-20(13-22)14-25(31)29-16-18-9-10-18/h1-8,11-13,15,18H,9-10,14,16-17H2,(H,29,31). The van der Waals surface area contributed by atoms with Crippen LogP contribution in [0.4, 0.5) is 14.5 Å². The van der Waals surface area contributed by atoms with Gasteiger partial charge in [0.1, 0.15) is 11.6 Å². The van der Waals surface area contributed by atoms with Gasteiger partial charge in [-0.2, -0.15) is 0 Å². The van der Waals surface area contributed by atoms with E-state index >= 15 is 0 Å². The van der Waals surface area contributed by atoms with Crippen molar-refractivity contribution in [3.05, 3.63) is 101 Å². The Morgan fingerprint density at radius 2 is 1.66 bits per heavy atom. The zero-order valence-electron chi connectivity index (χ0n) is 17.6. The third-order valence-electron chi connectivity index (χ3n) is 5.46. The van der Waals surface area contributed by atoms with Crippen LogP contribution in [0, 0.1) is 17.6 Å². The first-order valence-electron chi connectivity index (χ1n) is 10.7. The predicted octanol–water partition coefficient (Wildman–Crippen LogP) is 4.88. The van der Waals surface area contributed by atoms with Crippen LogP contribution < -0.4 is 10.2 Å². The summed E-state index contributed by atoms with van der Waals surface area (Å²) in [5, 5.41) is 2.94. The molecule has 164 valence electrons. The van der Waals surface area contributed by atoms with Gasteiger partial charge in [-0.15, -0.1) is 0 Å². The summed E-state index contributed by atoms with van der Waals surface area (Å²) in [4.78, 5) is 27.0. The van der Waals surface area contributed by atoms with Gasteiger partial charge in [-0.1, -0.05) is 42.5 Å². The van der Waals surface area contributed by atoms with E-state index in [0.717, 1.165) is 36.1 Å². The van der Waals surface area contributed by atoms with Crippen molar-refractivity contribution in [1.82, 2.24) is 5.32 Å². The van der Waals surface area contributed by atoms with E-state index in [4.69, 9.17) is 0 Å². The van der Waals surface area contributed by atoms with Crippen LogP contribution in [0.5, 0.6) is 0 Å². The van der Waals surface area contributed by atoms with Crippen LogP contribution in [0.1, 0.15) is 34.3 Å². The highest BCUT2D eigenvalue weighted by Crippen LogP contribution is 2.27. The van der Waals surface area contributed by atoms with E-state index in [1.54, 1.807) is 18.2 Å². The van der Waals surface area contributed by atoms with Gasteiger partial charge < -0.3 is 10.2 Å². The molecule has 1 saturated carbocycles. The van der Waals surface area contributed by atoms with Crippen LogP contribution in [-0.4, -0.2) is 18.4 Å². The molecule has 3 aromatic rings. The van der Waals surface area contributed by atoms with Crippen LogP contribution in [0.15, 0.2) is 72.8 Å². The van der Waals surface area contributed by atoms with Gasteiger partial charge in [0.15, 0.2) is 0 Å². The maximum Gasteiger partial charge on any atom is 0.261 e. The molecule has 0 radical (unpaired) electrons. The van der Waals surface area contributed by atoms with Gasteiger partial charge in [0.05, 0.1) is 18.5 Å². The van der Waals surface area contributed by atoms with E-state index in [9.17, 15) is 18.4 Å². The number of nitrogens with one attached hydrogen (secondary N) is 1. The molecule has 0 aliphatic heterocycles. The Morgan fingerprint density at radius 3 is 2.38 bits per heavy atom. The van der Waals surface area contributed by atoms with E-state index in [0.29, 0.717) is 24.2 Å². The Kier molecular flexibility index (Phi) is 6.59. The Labute approximate surface area is 185 Å². The summed E-state index contributed by atoms with van der Waals surface area (Å²) in [5.74, 6) is -1.72. The third kappa shape index (κ3) is 5.58. The van der Waals surface area contributed by atoms with Crippen molar-refractivity contribution in [3.63, 3.8) is 0 Å². The van der Waals surface area contributed by atoms with E-state index in [1.165, 1.54) is 4.90 Å². The summed E-state index contributed by atoms with van der Waals surface area (Å²) >= 11 is 0. The second-order valence-electron chi connectivity index (χ2n) is 8.10. The van der Waals surface area contributed by atoms with Gasteiger partial charge in [-0.05, 0) is 54.2 Å². The molecule has 0 spiro atoms. The smallest absolute Gasteiger partial charge is 0.261 e. The number of carbonyl (C=O) groups is 2. The van der Waals surface area contributed by atoms with Crippen molar-refractivity contribution in [2.24, 2.45) is 5.92 Å². The number of hydrogen-bond acceptors (Lipinski definition) is 2. The number of carbonyl (C=O) groups excluding carboxylic acids is 2. The number of nitrogens with zero attached hydrogens (tertiary/aromatic N) is 1. The summed E-state index contributed by atoms with van der Waals surface area (Å²) < 4.78 is 27.8. The number of rotatable bonds is 8. The molecule has 1 N–H and O–H groups in total. The van der Waals surface area contributed by atoms with Crippen LogP contribution in [-0.2, 0) is 17.8 Å². The van der Waals surface area contributed by atoms with E-state index in [1.807, 2.05) is 36.4 Å². The van der Waals surface area contributed by atoms with Crippen LogP contribution in [0.25, 0.3) is 0 Å². The van der Waals surface area contributed by atoms with Gasteiger partial charge in [-0.3, -0.25) is 9.59 Å². The average Bonchev–Trinajstić information content (AvgIpc) is 3.61. The lowest BCUT2D eigenvalue weighted by molar-refractivity contribution is -0.120. The Hall–Kier alpha value is -3.54. The Morgan fingerprint density at radius 1 is 0.906 bits per heavy atom. The molecular weight excluding hydrogens is 410 g/mol. The van der Waals surface area contributed by atoms with Gasteiger partial charge in [0.25, 0.3) is 5.91 Å². The molecule has 1 aliphatic carbocycles. The van der Waals surface area contributed by atoms with E-state index in [2.05, 4.69) is 5.32 Å². The first-order valence-corrected chi connectivity index (χ1v) is 10.7. The minimum absolute atomic E-state index is 0.0698. The fourth-order valence-corrected chi connectivity index (χ4v) is 3.52. The van der Waals surface area contributed by atoms with Crippen molar-refractivity contribution >= 4 is 17.5 Å². The Bertz CT molecular complexity index is 1110. The molecule has 0 saturated heterocycles. The number of amides is 2. The van der Waals surface area contributed by atoms with Gasteiger partial charge in [-0.25, -0.2) is 8.78 Å². The lowest BCUT2D eigenvalue weighted by Crippen LogP contribution is -2.31. The molecule has 0 heterocycles. The molecule has 0 atom stereocenters. The van der Waals surface area contributed by atoms with Crippen molar-refractivity contribution in [2.45, 2.75) is 25.8 Å². The highest BCUT2D eigenvalue weighted by atomic mass is 19.1. The zero-order chi connectivity index (χ0) is 22.5. The summed E-state index contributed by atoms with van der Waals surface area (Å²) in [6.07, 6.45) is 2.51. The van der Waals surface area contributed by atoms with Gasteiger partial charge in [0.2, 0.25) is 5.91 Å². The molecule has 0 bridgehead atoms. The topological polar surface area (TPSA) is 49.4 Å². The number of halogens is 2. The summed E-state index contributed by atoms with van der Waals surface area (Å²) in [6.45, 7) is 0.898. The number of benzene rings is 3. The van der Waals surface area contributed by atoms with Crippen molar-refractivity contribution in [3.8, 4) is 0 Å². The second-order valence-corrected chi connectivity index (χ2v) is 8.10. The second kappa shape index (κ2) is 9.73. The average molecular weight is 434 g/mol. The molecule has 4 nitrogen and oxygen atoms in total. The maximum atomic E-state index is 14.4.